The van der Waals surface area contributed by atoms with Gasteiger partial charge in [0.05, 0.1) is 16.6 Å². The summed E-state index contributed by atoms with van der Waals surface area (Å²) in [7, 11) is 0. The fourth-order valence-corrected chi connectivity index (χ4v) is 3.04. The minimum Gasteiger partial charge on any atom is -0.350 e. The van der Waals surface area contributed by atoms with Crippen LogP contribution in [0.4, 0.5) is 4.39 Å². The van der Waals surface area contributed by atoms with Crippen LogP contribution in [-0.2, 0) is 0 Å². The molecule has 2 aromatic carbocycles. The van der Waals surface area contributed by atoms with E-state index >= 15 is 0 Å². The number of hydrogen-bond donors (Lipinski definition) is 1. The van der Waals surface area contributed by atoms with Crippen LogP contribution in [-0.4, -0.2) is 30.4 Å². The SMILES string of the molecule is CCN(CC)[C@@H](CNC(=O)c1c(F)cccc1Cl)c1ccccc1. The third-order valence-corrected chi connectivity index (χ3v) is 4.40. The number of hydrogen-bond acceptors (Lipinski definition) is 2. The minimum absolute atomic E-state index is 0.0238. The van der Waals surface area contributed by atoms with Crippen molar-refractivity contribution in [3.8, 4) is 0 Å². The Morgan fingerprint density at radius 3 is 2.38 bits per heavy atom. The zero-order valence-corrected chi connectivity index (χ0v) is 14.7. The van der Waals surface area contributed by atoms with Gasteiger partial charge in [0.25, 0.3) is 5.91 Å². The standard InChI is InChI=1S/C19H22ClFN2O/c1-3-23(4-2)17(14-9-6-5-7-10-14)13-22-19(24)18-15(20)11-8-12-16(18)21/h5-12,17H,3-4,13H2,1-2H3,(H,22,24)/t17-/m0/s1. The summed E-state index contributed by atoms with van der Waals surface area (Å²) in [5, 5.41) is 2.94. The van der Waals surface area contributed by atoms with Gasteiger partial charge in [-0.15, -0.1) is 0 Å². The van der Waals surface area contributed by atoms with Crippen molar-refractivity contribution in [2.75, 3.05) is 19.6 Å². The molecule has 0 aliphatic heterocycles. The van der Waals surface area contributed by atoms with Gasteiger partial charge in [-0.2, -0.15) is 0 Å². The van der Waals surface area contributed by atoms with Crippen LogP contribution < -0.4 is 5.32 Å². The van der Waals surface area contributed by atoms with E-state index in [1.807, 2.05) is 30.3 Å². The predicted octanol–water partition coefficient (Wildman–Crippen LogP) is 4.29. The van der Waals surface area contributed by atoms with E-state index in [1.54, 1.807) is 0 Å². The molecule has 3 nitrogen and oxygen atoms in total. The van der Waals surface area contributed by atoms with Crippen molar-refractivity contribution in [2.45, 2.75) is 19.9 Å². The largest absolute Gasteiger partial charge is 0.350 e. The number of halogens is 2. The lowest BCUT2D eigenvalue weighted by Gasteiger charge is -2.30. The van der Waals surface area contributed by atoms with Crippen LogP contribution in [0.3, 0.4) is 0 Å². The molecule has 0 unspecified atom stereocenters. The molecular weight excluding hydrogens is 327 g/mol. The van der Waals surface area contributed by atoms with Crippen molar-refractivity contribution in [3.05, 3.63) is 70.5 Å². The van der Waals surface area contributed by atoms with E-state index in [2.05, 4.69) is 24.1 Å². The van der Waals surface area contributed by atoms with E-state index in [0.29, 0.717) is 6.54 Å². The van der Waals surface area contributed by atoms with Crippen LogP contribution >= 0.6 is 11.6 Å². The van der Waals surface area contributed by atoms with Crippen LogP contribution in [0.2, 0.25) is 5.02 Å². The average molecular weight is 349 g/mol. The molecule has 0 saturated heterocycles. The number of benzene rings is 2. The maximum atomic E-state index is 13.9. The van der Waals surface area contributed by atoms with Crippen molar-refractivity contribution in [3.63, 3.8) is 0 Å². The molecule has 2 aromatic rings. The number of carbonyl (C=O) groups excluding carboxylic acids is 1. The first kappa shape index (κ1) is 18.4. The quantitative estimate of drug-likeness (QED) is 0.809. The summed E-state index contributed by atoms with van der Waals surface area (Å²) >= 11 is 5.96. The first-order valence-electron chi connectivity index (χ1n) is 8.09. The molecular formula is C19H22ClFN2O. The van der Waals surface area contributed by atoms with Crippen LogP contribution in [0, 0.1) is 5.82 Å². The van der Waals surface area contributed by atoms with Crippen molar-refractivity contribution >= 4 is 17.5 Å². The molecule has 2 rings (SSSR count). The normalized spacial score (nSPS) is 12.2. The highest BCUT2D eigenvalue weighted by molar-refractivity contribution is 6.33. The van der Waals surface area contributed by atoms with Gasteiger partial charge in [-0.1, -0.05) is 61.8 Å². The Kier molecular flexibility index (Phi) is 6.76. The minimum atomic E-state index is -0.612. The van der Waals surface area contributed by atoms with E-state index in [-0.39, 0.29) is 16.6 Å². The molecule has 5 heteroatoms. The second kappa shape index (κ2) is 8.81. The fraction of sp³-hybridized carbons (Fsp3) is 0.316. The van der Waals surface area contributed by atoms with Gasteiger partial charge in [0.15, 0.2) is 0 Å². The van der Waals surface area contributed by atoms with Crippen LogP contribution in [0.25, 0.3) is 0 Å². The summed E-state index contributed by atoms with van der Waals surface area (Å²) < 4.78 is 13.9. The predicted molar refractivity (Wildman–Crippen MR) is 95.8 cm³/mol. The number of nitrogens with zero attached hydrogens (tertiary/aromatic N) is 1. The third-order valence-electron chi connectivity index (χ3n) is 4.08. The molecule has 1 N–H and O–H groups in total. The molecule has 0 fully saturated rings. The summed E-state index contributed by atoms with van der Waals surface area (Å²) in [6.07, 6.45) is 0. The molecule has 0 aliphatic carbocycles. The zero-order valence-electron chi connectivity index (χ0n) is 13.9. The molecule has 1 amide bonds. The smallest absolute Gasteiger partial charge is 0.255 e. The Balaban J connectivity index is 2.17. The first-order valence-corrected chi connectivity index (χ1v) is 8.47. The molecule has 0 aliphatic rings. The van der Waals surface area contributed by atoms with Gasteiger partial charge in [-0.05, 0) is 30.8 Å². The highest BCUT2D eigenvalue weighted by Crippen LogP contribution is 2.21. The summed E-state index contributed by atoms with van der Waals surface area (Å²) in [6, 6.07) is 14.2. The summed E-state index contributed by atoms with van der Waals surface area (Å²) in [5.74, 6) is -1.11. The van der Waals surface area contributed by atoms with Crippen LogP contribution in [0.5, 0.6) is 0 Å². The topological polar surface area (TPSA) is 32.3 Å². The Morgan fingerprint density at radius 2 is 1.79 bits per heavy atom. The Morgan fingerprint density at radius 1 is 1.12 bits per heavy atom. The summed E-state index contributed by atoms with van der Waals surface area (Å²) in [5.41, 5.74) is 1.01. The zero-order chi connectivity index (χ0) is 17.5. The van der Waals surface area contributed by atoms with Crippen molar-refractivity contribution < 1.29 is 9.18 Å². The molecule has 0 spiro atoms. The average Bonchev–Trinajstić information content (AvgIpc) is 2.59. The molecule has 128 valence electrons. The molecule has 0 radical (unpaired) electrons. The van der Waals surface area contributed by atoms with Crippen molar-refractivity contribution in [2.24, 2.45) is 0 Å². The lowest BCUT2D eigenvalue weighted by atomic mass is 10.0. The Hall–Kier alpha value is -1.91. The maximum absolute atomic E-state index is 13.9. The highest BCUT2D eigenvalue weighted by Gasteiger charge is 2.21. The molecule has 0 aromatic heterocycles. The van der Waals surface area contributed by atoms with Crippen molar-refractivity contribution in [1.82, 2.24) is 10.2 Å². The van der Waals surface area contributed by atoms with E-state index in [0.717, 1.165) is 18.7 Å². The highest BCUT2D eigenvalue weighted by atomic mass is 35.5. The molecule has 1 atom stereocenters. The second-order valence-electron chi connectivity index (χ2n) is 5.45. The Labute approximate surface area is 147 Å². The van der Waals surface area contributed by atoms with Gasteiger partial charge >= 0.3 is 0 Å². The monoisotopic (exact) mass is 348 g/mol. The maximum Gasteiger partial charge on any atom is 0.255 e. The van der Waals surface area contributed by atoms with Crippen LogP contribution in [0.1, 0.15) is 35.8 Å². The number of rotatable bonds is 7. The van der Waals surface area contributed by atoms with Gasteiger partial charge in [-0.25, -0.2) is 4.39 Å². The number of amides is 1. The van der Waals surface area contributed by atoms with Gasteiger partial charge in [-0.3, -0.25) is 9.69 Å². The molecule has 0 bridgehead atoms. The number of likely N-dealkylation sites (N-methyl/N-ethyl adjacent to an activating group) is 1. The number of carbonyl (C=O) groups is 1. The van der Waals surface area contributed by atoms with E-state index in [4.69, 9.17) is 11.6 Å². The fourth-order valence-electron chi connectivity index (χ4n) is 2.79. The van der Waals surface area contributed by atoms with Gasteiger partial charge in [0.1, 0.15) is 5.82 Å². The Bertz CT molecular complexity index is 654. The summed E-state index contributed by atoms with van der Waals surface area (Å²) in [6.45, 7) is 6.25. The van der Waals surface area contributed by atoms with E-state index < -0.39 is 11.7 Å². The van der Waals surface area contributed by atoms with Gasteiger partial charge in [0, 0.05) is 6.54 Å². The lowest BCUT2D eigenvalue weighted by molar-refractivity contribution is 0.0931. The first-order chi connectivity index (χ1) is 11.6. The van der Waals surface area contributed by atoms with Crippen molar-refractivity contribution in [1.29, 1.82) is 0 Å². The van der Waals surface area contributed by atoms with Gasteiger partial charge in [0.2, 0.25) is 0 Å². The molecule has 0 saturated carbocycles. The molecule has 0 heterocycles. The van der Waals surface area contributed by atoms with Gasteiger partial charge < -0.3 is 5.32 Å². The van der Waals surface area contributed by atoms with E-state index in [9.17, 15) is 9.18 Å². The third kappa shape index (κ3) is 4.34. The van der Waals surface area contributed by atoms with E-state index in [1.165, 1.54) is 18.2 Å². The van der Waals surface area contributed by atoms with Crippen LogP contribution in [0.15, 0.2) is 48.5 Å². The summed E-state index contributed by atoms with van der Waals surface area (Å²) in [4.78, 5) is 14.6. The molecule has 24 heavy (non-hydrogen) atoms. The lowest BCUT2D eigenvalue weighted by Crippen LogP contribution is -2.38. The number of nitrogens with one attached hydrogen (secondary N) is 1. The second-order valence-corrected chi connectivity index (χ2v) is 5.86.